The summed E-state index contributed by atoms with van der Waals surface area (Å²) in [6.07, 6.45) is 0. The molecule has 23 heavy (non-hydrogen) atoms. The molecule has 0 radical (unpaired) electrons. The van der Waals surface area contributed by atoms with Crippen molar-refractivity contribution in [1.29, 1.82) is 0 Å². The van der Waals surface area contributed by atoms with Crippen LogP contribution in [0.4, 0.5) is 5.69 Å². The standard InChI is InChI=1S/C18H17NO2S2/c1-13-12-18(14(2)22-13)23(20,21)19-17-10-8-16(9-11-17)15-6-4-3-5-7-15/h3-12,19H,1-2H3. The smallest absolute Gasteiger partial charge is 0.262 e. The van der Waals surface area contributed by atoms with Gasteiger partial charge >= 0.3 is 0 Å². The second kappa shape index (κ2) is 6.18. The van der Waals surface area contributed by atoms with E-state index in [1.54, 1.807) is 18.2 Å². The van der Waals surface area contributed by atoms with Crippen LogP contribution in [-0.4, -0.2) is 8.42 Å². The molecule has 0 aliphatic carbocycles. The Morgan fingerprint density at radius 2 is 1.48 bits per heavy atom. The van der Waals surface area contributed by atoms with Gasteiger partial charge in [-0.1, -0.05) is 42.5 Å². The van der Waals surface area contributed by atoms with Gasteiger partial charge in [-0.05, 0) is 43.2 Å². The van der Waals surface area contributed by atoms with E-state index >= 15 is 0 Å². The van der Waals surface area contributed by atoms with Gasteiger partial charge in [0.1, 0.15) is 4.90 Å². The third kappa shape index (κ3) is 3.46. The second-order valence-corrected chi connectivity index (χ2v) is 8.44. The van der Waals surface area contributed by atoms with Gasteiger partial charge < -0.3 is 0 Å². The van der Waals surface area contributed by atoms with E-state index in [0.717, 1.165) is 20.9 Å². The van der Waals surface area contributed by atoms with Crippen LogP contribution in [0.2, 0.25) is 0 Å². The predicted molar refractivity (Wildman–Crippen MR) is 96.5 cm³/mol. The fourth-order valence-corrected chi connectivity index (χ4v) is 5.06. The van der Waals surface area contributed by atoms with Crippen LogP contribution in [0.1, 0.15) is 9.75 Å². The van der Waals surface area contributed by atoms with Crippen molar-refractivity contribution in [1.82, 2.24) is 0 Å². The molecular formula is C18H17NO2S2. The SMILES string of the molecule is Cc1cc(S(=O)(=O)Nc2ccc(-c3ccccc3)cc2)c(C)s1. The van der Waals surface area contributed by atoms with E-state index in [9.17, 15) is 8.42 Å². The first-order valence-corrected chi connectivity index (χ1v) is 9.51. The first kappa shape index (κ1) is 15.8. The van der Waals surface area contributed by atoms with E-state index in [4.69, 9.17) is 0 Å². The molecule has 1 heterocycles. The summed E-state index contributed by atoms with van der Waals surface area (Å²) in [6.45, 7) is 3.73. The van der Waals surface area contributed by atoms with Crippen LogP contribution >= 0.6 is 11.3 Å². The third-order valence-electron chi connectivity index (χ3n) is 3.53. The largest absolute Gasteiger partial charge is 0.280 e. The van der Waals surface area contributed by atoms with Crippen LogP contribution in [0.25, 0.3) is 11.1 Å². The number of hydrogen-bond donors (Lipinski definition) is 1. The Bertz CT molecular complexity index is 911. The number of sulfonamides is 1. The monoisotopic (exact) mass is 343 g/mol. The Labute approximate surface area is 140 Å². The van der Waals surface area contributed by atoms with Gasteiger partial charge in [0, 0.05) is 15.4 Å². The average molecular weight is 343 g/mol. The van der Waals surface area contributed by atoms with Gasteiger partial charge in [0.2, 0.25) is 0 Å². The van der Waals surface area contributed by atoms with Crippen LogP contribution < -0.4 is 4.72 Å². The molecule has 0 bridgehead atoms. The summed E-state index contributed by atoms with van der Waals surface area (Å²) in [6, 6.07) is 19.1. The highest BCUT2D eigenvalue weighted by molar-refractivity contribution is 7.93. The van der Waals surface area contributed by atoms with Crippen molar-refractivity contribution in [2.75, 3.05) is 4.72 Å². The molecule has 1 N–H and O–H groups in total. The molecule has 3 rings (SSSR count). The fourth-order valence-electron chi connectivity index (χ4n) is 2.45. The molecule has 118 valence electrons. The number of anilines is 1. The number of benzene rings is 2. The minimum atomic E-state index is -3.54. The molecule has 0 unspecified atom stereocenters. The Morgan fingerprint density at radius 3 is 2.04 bits per heavy atom. The van der Waals surface area contributed by atoms with Gasteiger partial charge in [0.05, 0.1) is 0 Å². The lowest BCUT2D eigenvalue weighted by Crippen LogP contribution is -2.13. The van der Waals surface area contributed by atoms with Gasteiger partial charge in [0.25, 0.3) is 10.0 Å². The fraction of sp³-hybridized carbons (Fsp3) is 0.111. The number of nitrogens with one attached hydrogen (secondary N) is 1. The van der Waals surface area contributed by atoms with E-state index in [1.807, 2.05) is 56.3 Å². The minimum absolute atomic E-state index is 0.354. The summed E-state index contributed by atoms with van der Waals surface area (Å²) >= 11 is 1.49. The van der Waals surface area contributed by atoms with Crippen molar-refractivity contribution in [3.05, 3.63) is 70.4 Å². The maximum absolute atomic E-state index is 12.5. The average Bonchev–Trinajstić information content (AvgIpc) is 2.88. The number of thiophene rings is 1. The van der Waals surface area contributed by atoms with Gasteiger partial charge in [-0.3, -0.25) is 4.72 Å². The van der Waals surface area contributed by atoms with Crippen molar-refractivity contribution in [3.8, 4) is 11.1 Å². The molecule has 0 amide bonds. The zero-order valence-corrected chi connectivity index (χ0v) is 14.5. The number of aryl methyl sites for hydroxylation is 2. The zero-order chi connectivity index (χ0) is 16.4. The van der Waals surface area contributed by atoms with Gasteiger partial charge in [-0.2, -0.15) is 0 Å². The number of hydrogen-bond acceptors (Lipinski definition) is 3. The summed E-state index contributed by atoms with van der Waals surface area (Å²) in [5.74, 6) is 0. The first-order chi connectivity index (χ1) is 11.0. The summed E-state index contributed by atoms with van der Waals surface area (Å²) in [4.78, 5) is 2.14. The van der Waals surface area contributed by atoms with E-state index in [-0.39, 0.29) is 0 Å². The minimum Gasteiger partial charge on any atom is -0.280 e. The third-order valence-corrected chi connectivity index (χ3v) is 6.13. The molecule has 3 aromatic rings. The predicted octanol–water partition coefficient (Wildman–Crippen LogP) is 4.83. The Morgan fingerprint density at radius 1 is 0.870 bits per heavy atom. The quantitative estimate of drug-likeness (QED) is 0.737. The summed E-state index contributed by atoms with van der Waals surface area (Å²) < 4.78 is 27.6. The molecule has 0 spiro atoms. The second-order valence-electron chi connectivity index (χ2n) is 5.33. The molecule has 0 saturated carbocycles. The Balaban J connectivity index is 1.85. The van der Waals surface area contributed by atoms with E-state index in [2.05, 4.69) is 4.72 Å². The van der Waals surface area contributed by atoms with E-state index in [1.165, 1.54) is 11.3 Å². The van der Waals surface area contributed by atoms with Crippen molar-refractivity contribution >= 4 is 27.0 Å². The Kier molecular flexibility index (Phi) is 4.24. The summed E-state index contributed by atoms with van der Waals surface area (Å²) in [5, 5.41) is 0. The zero-order valence-electron chi connectivity index (χ0n) is 12.9. The molecular weight excluding hydrogens is 326 g/mol. The molecule has 2 aromatic carbocycles. The van der Waals surface area contributed by atoms with Crippen molar-refractivity contribution in [2.24, 2.45) is 0 Å². The highest BCUT2D eigenvalue weighted by Gasteiger charge is 2.19. The molecule has 1 aromatic heterocycles. The van der Waals surface area contributed by atoms with E-state index < -0.39 is 10.0 Å². The maximum Gasteiger partial charge on any atom is 0.262 e. The maximum atomic E-state index is 12.5. The number of rotatable bonds is 4. The first-order valence-electron chi connectivity index (χ1n) is 7.21. The molecule has 0 fully saturated rings. The lowest BCUT2D eigenvalue weighted by atomic mass is 10.1. The molecule has 3 nitrogen and oxygen atoms in total. The molecule has 0 aliphatic heterocycles. The van der Waals surface area contributed by atoms with Crippen LogP contribution in [0.15, 0.2) is 65.6 Å². The highest BCUT2D eigenvalue weighted by Crippen LogP contribution is 2.27. The van der Waals surface area contributed by atoms with Gasteiger partial charge in [-0.15, -0.1) is 11.3 Å². The van der Waals surface area contributed by atoms with Crippen LogP contribution in [0.3, 0.4) is 0 Å². The van der Waals surface area contributed by atoms with Gasteiger partial charge in [0.15, 0.2) is 0 Å². The van der Waals surface area contributed by atoms with Crippen molar-refractivity contribution < 1.29 is 8.42 Å². The lowest BCUT2D eigenvalue weighted by molar-refractivity contribution is 0.601. The molecule has 0 atom stereocenters. The molecule has 0 saturated heterocycles. The molecule has 5 heteroatoms. The summed E-state index contributed by atoms with van der Waals surface area (Å²) in [7, 11) is -3.54. The van der Waals surface area contributed by atoms with Crippen LogP contribution in [-0.2, 0) is 10.0 Å². The molecule has 0 aliphatic rings. The normalized spacial score (nSPS) is 11.4. The van der Waals surface area contributed by atoms with Crippen LogP contribution in [0, 0.1) is 13.8 Å². The lowest BCUT2D eigenvalue weighted by Gasteiger charge is -2.09. The van der Waals surface area contributed by atoms with Crippen LogP contribution in [0.5, 0.6) is 0 Å². The summed E-state index contributed by atoms with van der Waals surface area (Å²) in [5.41, 5.74) is 2.72. The van der Waals surface area contributed by atoms with Crippen molar-refractivity contribution in [3.63, 3.8) is 0 Å². The van der Waals surface area contributed by atoms with E-state index in [0.29, 0.717) is 10.6 Å². The van der Waals surface area contributed by atoms with Gasteiger partial charge in [-0.25, -0.2) is 8.42 Å². The topological polar surface area (TPSA) is 46.2 Å². The highest BCUT2D eigenvalue weighted by atomic mass is 32.2. The Hall–Kier alpha value is -2.11. The van der Waals surface area contributed by atoms with Crippen molar-refractivity contribution in [2.45, 2.75) is 18.7 Å².